The first-order valence-electron chi connectivity index (χ1n) is 8.14. The molecule has 0 amide bonds. The van der Waals surface area contributed by atoms with Gasteiger partial charge in [-0.2, -0.15) is 8.42 Å². The Morgan fingerprint density at radius 2 is 1.83 bits per heavy atom. The van der Waals surface area contributed by atoms with Crippen molar-refractivity contribution in [1.82, 2.24) is 19.5 Å². The van der Waals surface area contributed by atoms with Crippen LogP contribution in [0.4, 0.5) is 0 Å². The highest BCUT2D eigenvalue weighted by Crippen LogP contribution is 2.31. The van der Waals surface area contributed by atoms with Crippen molar-refractivity contribution in [2.24, 2.45) is 0 Å². The molecule has 0 fully saturated rings. The Labute approximate surface area is 180 Å². The molecule has 3 aromatic heterocycles. The third kappa shape index (κ3) is 4.19. The fourth-order valence-electron chi connectivity index (χ4n) is 2.63. The van der Waals surface area contributed by atoms with Crippen molar-refractivity contribution in [1.29, 1.82) is 0 Å². The van der Waals surface area contributed by atoms with Gasteiger partial charge in [0.05, 0.1) is 26.3 Å². The Morgan fingerprint density at radius 1 is 1.03 bits per heavy atom. The first-order valence-corrected chi connectivity index (χ1v) is 11.1. The molecule has 0 aliphatic heterocycles. The number of benzene rings is 1. The number of hydrogen-bond donors (Lipinski definition) is 1. The highest BCUT2D eigenvalue weighted by Gasteiger charge is 2.16. The third-order valence-corrected chi connectivity index (χ3v) is 7.13. The van der Waals surface area contributed by atoms with Crippen molar-refractivity contribution >= 4 is 44.7 Å². The topological polar surface area (TPSA) is 98.0 Å². The molecule has 0 atom stereocenters. The first kappa shape index (κ1) is 20.0. The van der Waals surface area contributed by atoms with Gasteiger partial charge in [0, 0.05) is 17.5 Å². The molecule has 0 aliphatic rings. The average molecular weight is 467 g/mol. The molecule has 0 spiro atoms. The van der Waals surface area contributed by atoms with Crippen LogP contribution >= 0.6 is 34.5 Å². The van der Waals surface area contributed by atoms with E-state index in [2.05, 4.69) is 15.0 Å². The quantitative estimate of drug-likeness (QED) is 0.428. The highest BCUT2D eigenvalue weighted by atomic mass is 35.5. The van der Waals surface area contributed by atoms with Crippen LogP contribution in [0.3, 0.4) is 0 Å². The Morgan fingerprint density at radius 3 is 2.52 bits per heavy atom. The lowest BCUT2D eigenvalue weighted by molar-refractivity contribution is 0.485. The van der Waals surface area contributed by atoms with Crippen LogP contribution in [-0.2, 0) is 10.1 Å². The van der Waals surface area contributed by atoms with E-state index in [1.807, 2.05) is 19.1 Å². The number of thiophene rings is 1. The second kappa shape index (κ2) is 7.51. The van der Waals surface area contributed by atoms with Gasteiger partial charge in [-0.25, -0.2) is 15.0 Å². The second-order valence-corrected chi connectivity index (χ2v) is 9.63. The van der Waals surface area contributed by atoms with Crippen LogP contribution in [0.5, 0.6) is 0 Å². The van der Waals surface area contributed by atoms with E-state index >= 15 is 0 Å². The molecule has 3 heterocycles. The Kier molecular flexibility index (Phi) is 5.18. The number of imidazole rings is 1. The summed E-state index contributed by atoms with van der Waals surface area (Å²) in [5.41, 5.74) is 2.75. The second-order valence-electron chi connectivity index (χ2n) is 6.08. The molecule has 29 heavy (non-hydrogen) atoms. The first-order chi connectivity index (χ1) is 13.7. The maximum absolute atomic E-state index is 11.3. The number of halogens is 2. The van der Waals surface area contributed by atoms with Crippen LogP contribution < -0.4 is 0 Å². The van der Waals surface area contributed by atoms with E-state index in [1.165, 1.54) is 12.4 Å². The van der Waals surface area contributed by atoms with Gasteiger partial charge >= 0.3 is 10.1 Å². The number of nitrogens with zero attached hydrogens (tertiary/aromatic N) is 4. The van der Waals surface area contributed by atoms with E-state index in [0.717, 1.165) is 22.6 Å². The predicted octanol–water partition coefficient (Wildman–Crippen LogP) is 4.92. The normalized spacial score (nSPS) is 11.7. The smallest absolute Gasteiger partial charge is 0.281 e. The zero-order valence-electron chi connectivity index (χ0n) is 14.7. The van der Waals surface area contributed by atoms with Gasteiger partial charge in [-0.3, -0.25) is 9.12 Å². The van der Waals surface area contributed by atoms with Crippen molar-refractivity contribution in [2.45, 2.75) is 11.1 Å². The molecule has 0 unspecified atom stereocenters. The predicted molar refractivity (Wildman–Crippen MR) is 112 cm³/mol. The van der Waals surface area contributed by atoms with Crippen LogP contribution in [0.15, 0.2) is 53.1 Å². The lowest BCUT2D eigenvalue weighted by atomic mass is 10.1. The minimum absolute atomic E-state index is 0.143. The summed E-state index contributed by atoms with van der Waals surface area (Å²) in [6.45, 7) is 1.85. The van der Waals surface area contributed by atoms with Crippen LogP contribution in [0.1, 0.15) is 5.69 Å². The number of aromatic nitrogens is 4. The van der Waals surface area contributed by atoms with Crippen molar-refractivity contribution in [3.8, 4) is 27.8 Å². The molecule has 1 aromatic carbocycles. The summed E-state index contributed by atoms with van der Waals surface area (Å²) in [6, 6.07) is 10.0. The summed E-state index contributed by atoms with van der Waals surface area (Å²) in [5, 5.41) is 0.889. The summed E-state index contributed by atoms with van der Waals surface area (Å²) in [7, 11) is -4.24. The molecule has 0 aliphatic carbocycles. The Bertz CT molecular complexity index is 1330. The van der Waals surface area contributed by atoms with E-state index in [9.17, 15) is 8.42 Å². The Balaban J connectivity index is 1.72. The molecule has 0 saturated carbocycles. The SMILES string of the molecule is Cc1cc(-c2ccc(Cl)c(Cl)c2)nc(-n2cnc(-c3ccc(S(=O)(=O)O)s3)c2)n1. The van der Waals surface area contributed by atoms with Crippen molar-refractivity contribution < 1.29 is 13.0 Å². The third-order valence-electron chi connectivity index (χ3n) is 3.96. The summed E-state index contributed by atoms with van der Waals surface area (Å²) in [4.78, 5) is 13.9. The van der Waals surface area contributed by atoms with Crippen molar-refractivity contribution in [3.05, 3.63) is 64.7 Å². The molecule has 0 radical (unpaired) electrons. The van der Waals surface area contributed by atoms with E-state index in [1.54, 1.807) is 29.0 Å². The van der Waals surface area contributed by atoms with Gasteiger partial charge in [0.2, 0.25) is 5.95 Å². The van der Waals surface area contributed by atoms with E-state index in [-0.39, 0.29) is 4.21 Å². The highest BCUT2D eigenvalue weighted by molar-refractivity contribution is 7.88. The Hall–Kier alpha value is -2.30. The fraction of sp³-hybridized carbons (Fsp3) is 0.0556. The molecule has 4 rings (SSSR count). The van der Waals surface area contributed by atoms with E-state index in [4.69, 9.17) is 27.8 Å². The van der Waals surface area contributed by atoms with Crippen molar-refractivity contribution in [2.75, 3.05) is 0 Å². The summed E-state index contributed by atoms with van der Waals surface area (Å²) >= 11 is 13.0. The summed E-state index contributed by atoms with van der Waals surface area (Å²) < 4.78 is 33.2. The molecule has 1 N–H and O–H groups in total. The zero-order valence-corrected chi connectivity index (χ0v) is 17.9. The van der Waals surface area contributed by atoms with Crippen LogP contribution in [0, 0.1) is 6.92 Å². The largest absolute Gasteiger partial charge is 0.304 e. The van der Waals surface area contributed by atoms with Gasteiger partial charge in [-0.1, -0.05) is 29.3 Å². The number of rotatable bonds is 4. The summed E-state index contributed by atoms with van der Waals surface area (Å²) in [5.74, 6) is 0.399. The molecule has 11 heteroatoms. The summed E-state index contributed by atoms with van der Waals surface area (Å²) in [6.07, 6.45) is 3.22. The van der Waals surface area contributed by atoms with E-state index < -0.39 is 10.1 Å². The minimum atomic E-state index is -4.24. The van der Waals surface area contributed by atoms with Crippen LogP contribution in [0.2, 0.25) is 10.0 Å². The maximum atomic E-state index is 11.3. The molecule has 0 bridgehead atoms. The van der Waals surface area contributed by atoms with Crippen LogP contribution in [0.25, 0.3) is 27.8 Å². The van der Waals surface area contributed by atoms with Crippen LogP contribution in [-0.4, -0.2) is 32.5 Å². The molecule has 7 nitrogen and oxygen atoms in total. The molecule has 0 saturated heterocycles. The molecule has 148 valence electrons. The lowest BCUT2D eigenvalue weighted by Gasteiger charge is -2.07. The van der Waals surface area contributed by atoms with Gasteiger partial charge in [0.15, 0.2) is 0 Å². The lowest BCUT2D eigenvalue weighted by Crippen LogP contribution is -2.01. The van der Waals surface area contributed by atoms with Crippen molar-refractivity contribution in [3.63, 3.8) is 0 Å². The number of aryl methyl sites for hydroxylation is 1. The minimum Gasteiger partial charge on any atom is -0.281 e. The zero-order chi connectivity index (χ0) is 20.8. The van der Waals surface area contributed by atoms with Gasteiger partial charge in [0.25, 0.3) is 0 Å². The molecular formula is C18H12Cl2N4O3S2. The van der Waals surface area contributed by atoms with Gasteiger partial charge in [-0.15, -0.1) is 11.3 Å². The fourth-order valence-corrected chi connectivity index (χ4v) is 4.56. The maximum Gasteiger partial charge on any atom is 0.304 e. The molecular weight excluding hydrogens is 455 g/mol. The van der Waals surface area contributed by atoms with Gasteiger partial charge in [0.1, 0.15) is 10.5 Å². The standard InChI is InChI=1S/C18H12Cl2N4O3S2/c1-10-6-14(11-2-3-12(19)13(20)7-11)23-18(22-10)24-8-15(21-9-24)16-4-5-17(28-16)29(25,26)27/h2-9H,1H3,(H,25,26,27). The monoisotopic (exact) mass is 466 g/mol. The average Bonchev–Trinajstić information content (AvgIpc) is 3.32. The molecule has 4 aromatic rings. The van der Waals surface area contributed by atoms with Gasteiger partial charge in [-0.05, 0) is 37.3 Å². The van der Waals surface area contributed by atoms with Gasteiger partial charge < -0.3 is 0 Å². The van der Waals surface area contributed by atoms with E-state index in [0.29, 0.717) is 32.3 Å². The number of hydrogen-bond acceptors (Lipinski definition) is 6.